The Hall–Kier alpha value is -3.20. The first kappa shape index (κ1) is 20.1. The molecule has 1 N–H and O–H groups in total. The van der Waals surface area contributed by atoms with Crippen molar-refractivity contribution in [2.24, 2.45) is 0 Å². The number of unbranched alkanes of at least 4 members (excludes halogenated alkanes) is 1. The molecule has 0 bridgehead atoms. The van der Waals surface area contributed by atoms with Crippen molar-refractivity contribution >= 4 is 29.1 Å². The lowest BCUT2D eigenvalue weighted by molar-refractivity contribution is 0.222. The standard InChI is InChI=1S/C20H20ClFN6O2/c1-3-27-18-16(24-19(21)25-18)12(2)28(20(27)29)11-5-4-6-15-23-17(26-30-15)13-7-9-14(22)10-8-13/h7-10H,2-6,11H2,1H3,(H,24,25). The van der Waals surface area contributed by atoms with Crippen LogP contribution in [0.25, 0.3) is 17.1 Å². The SMILES string of the molecule is C=C1c2[nH]c(Cl)nc2N(CC)C(=O)N1CCCCc1nc(-c2ccc(F)cc2)no1. The van der Waals surface area contributed by atoms with Gasteiger partial charge in [0.15, 0.2) is 5.82 Å². The van der Waals surface area contributed by atoms with E-state index in [2.05, 4.69) is 26.7 Å². The van der Waals surface area contributed by atoms with Gasteiger partial charge in [0.05, 0.1) is 5.70 Å². The van der Waals surface area contributed by atoms with Gasteiger partial charge in [-0.05, 0) is 55.6 Å². The highest BCUT2D eigenvalue weighted by molar-refractivity contribution is 6.28. The highest BCUT2D eigenvalue weighted by atomic mass is 35.5. The zero-order chi connectivity index (χ0) is 21.3. The number of hydrogen-bond acceptors (Lipinski definition) is 5. The molecule has 2 amide bonds. The molecule has 0 saturated heterocycles. The fraction of sp³-hybridized carbons (Fsp3) is 0.300. The number of fused-ring (bicyclic) bond motifs is 1. The summed E-state index contributed by atoms with van der Waals surface area (Å²) in [6, 6.07) is 5.74. The second-order valence-corrected chi connectivity index (χ2v) is 7.19. The van der Waals surface area contributed by atoms with Gasteiger partial charge in [-0.15, -0.1) is 0 Å². The van der Waals surface area contributed by atoms with Gasteiger partial charge >= 0.3 is 6.03 Å². The van der Waals surface area contributed by atoms with Gasteiger partial charge < -0.3 is 9.51 Å². The molecule has 0 unspecified atom stereocenters. The number of nitrogens with zero attached hydrogens (tertiary/aromatic N) is 5. The maximum atomic E-state index is 13.0. The number of aromatic amines is 1. The van der Waals surface area contributed by atoms with Crippen LogP contribution in [0.15, 0.2) is 35.4 Å². The average Bonchev–Trinajstić information content (AvgIpc) is 3.35. The van der Waals surface area contributed by atoms with Gasteiger partial charge in [0.25, 0.3) is 0 Å². The second kappa shape index (κ2) is 8.27. The van der Waals surface area contributed by atoms with Crippen LogP contribution in [0, 0.1) is 5.82 Å². The molecular weight excluding hydrogens is 411 g/mol. The van der Waals surface area contributed by atoms with Crippen molar-refractivity contribution in [2.75, 3.05) is 18.0 Å². The van der Waals surface area contributed by atoms with E-state index in [0.717, 1.165) is 6.42 Å². The average molecular weight is 431 g/mol. The minimum atomic E-state index is -0.317. The lowest BCUT2D eigenvalue weighted by Crippen LogP contribution is -2.46. The minimum absolute atomic E-state index is 0.172. The van der Waals surface area contributed by atoms with E-state index in [-0.39, 0.29) is 17.1 Å². The van der Waals surface area contributed by atoms with Gasteiger partial charge in [0.1, 0.15) is 11.5 Å². The Balaban J connectivity index is 1.35. The van der Waals surface area contributed by atoms with Crippen LogP contribution in [-0.4, -0.2) is 44.1 Å². The summed E-state index contributed by atoms with van der Waals surface area (Å²) in [6.45, 7) is 6.88. The van der Waals surface area contributed by atoms with E-state index < -0.39 is 0 Å². The topological polar surface area (TPSA) is 91.2 Å². The Morgan fingerprint density at radius 2 is 1.97 bits per heavy atom. The number of H-pyrrole nitrogens is 1. The molecule has 3 aromatic rings. The molecule has 0 fully saturated rings. The highest BCUT2D eigenvalue weighted by Crippen LogP contribution is 2.34. The molecular formula is C20H20ClFN6O2. The van der Waals surface area contributed by atoms with Gasteiger partial charge in [-0.25, -0.2) is 9.18 Å². The van der Waals surface area contributed by atoms with Crippen molar-refractivity contribution in [3.8, 4) is 11.4 Å². The molecule has 8 nitrogen and oxygen atoms in total. The number of imidazole rings is 1. The molecule has 10 heteroatoms. The molecule has 30 heavy (non-hydrogen) atoms. The molecule has 0 saturated carbocycles. The van der Waals surface area contributed by atoms with E-state index in [1.54, 1.807) is 21.9 Å². The predicted octanol–water partition coefficient (Wildman–Crippen LogP) is 4.51. The van der Waals surface area contributed by atoms with Crippen LogP contribution in [-0.2, 0) is 6.42 Å². The Labute approximate surface area is 177 Å². The van der Waals surface area contributed by atoms with E-state index in [1.165, 1.54) is 12.1 Å². The van der Waals surface area contributed by atoms with E-state index in [9.17, 15) is 9.18 Å². The maximum absolute atomic E-state index is 13.0. The summed E-state index contributed by atoms with van der Waals surface area (Å²) in [7, 11) is 0. The number of aryl methyl sites for hydroxylation is 1. The van der Waals surface area contributed by atoms with Crippen LogP contribution in [0.5, 0.6) is 0 Å². The molecule has 1 aromatic carbocycles. The third-order valence-corrected chi connectivity index (χ3v) is 5.08. The molecule has 2 aromatic heterocycles. The Morgan fingerprint density at radius 1 is 1.20 bits per heavy atom. The normalized spacial score (nSPS) is 13.8. The highest BCUT2D eigenvalue weighted by Gasteiger charge is 2.34. The van der Waals surface area contributed by atoms with Crippen molar-refractivity contribution in [1.82, 2.24) is 25.0 Å². The summed E-state index contributed by atoms with van der Waals surface area (Å²) < 4.78 is 18.3. The smallest absolute Gasteiger partial charge is 0.330 e. The van der Waals surface area contributed by atoms with Gasteiger partial charge in [0, 0.05) is 25.1 Å². The van der Waals surface area contributed by atoms with Crippen LogP contribution >= 0.6 is 11.6 Å². The number of hydrogen-bond donors (Lipinski definition) is 1. The maximum Gasteiger partial charge on any atom is 0.330 e. The van der Waals surface area contributed by atoms with E-state index in [1.807, 2.05) is 6.92 Å². The molecule has 1 aliphatic rings. The molecule has 0 aliphatic carbocycles. The zero-order valence-corrected chi connectivity index (χ0v) is 17.1. The first-order chi connectivity index (χ1) is 14.5. The monoisotopic (exact) mass is 430 g/mol. The number of amides is 2. The zero-order valence-electron chi connectivity index (χ0n) is 16.4. The fourth-order valence-electron chi connectivity index (χ4n) is 3.35. The summed E-state index contributed by atoms with van der Waals surface area (Å²) in [4.78, 5) is 27.5. The Bertz CT molecular complexity index is 1080. The Morgan fingerprint density at radius 3 is 2.70 bits per heavy atom. The molecule has 3 heterocycles. The molecule has 4 rings (SSSR count). The molecule has 156 valence electrons. The molecule has 1 aliphatic heterocycles. The summed E-state index contributed by atoms with van der Waals surface area (Å²) in [6.07, 6.45) is 2.03. The molecule has 0 atom stereocenters. The number of halogens is 2. The number of anilines is 1. The van der Waals surface area contributed by atoms with Crippen LogP contribution in [0.1, 0.15) is 31.4 Å². The third-order valence-electron chi connectivity index (χ3n) is 4.90. The third kappa shape index (κ3) is 3.80. The summed E-state index contributed by atoms with van der Waals surface area (Å²) in [5, 5.41) is 4.16. The lowest BCUT2D eigenvalue weighted by Gasteiger charge is -2.35. The van der Waals surface area contributed by atoms with Gasteiger partial charge in [-0.3, -0.25) is 9.80 Å². The molecule has 0 spiro atoms. The largest absolute Gasteiger partial charge is 0.339 e. The number of carbonyl (C=O) groups excluding carboxylic acids is 1. The number of carbonyl (C=O) groups is 1. The van der Waals surface area contributed by atoms with Gasteiger partial charge in [-0.2, -0.15) is 9.97 Å². The Kier molecular flexibility index (Phi) is 5.54. The molecule has 0 radical (unpaired) electrons. The number of benzene rings is 1. The van der Waals surface area contributed by atoms with Crippen molar-refractivity contribution < 1.29 is 13.7 Å². The fourth-order valence-corrected chi connectivity index (χ4v) is 3.53. The van der Waals surface area contributed by atoms with Crippen molar-refractivity contribution in [1.29, 1.82) is 0 Å². The number of urea groups is 1. The predicted molar refractivity (Wildman–Crippen MR) is 110 cm³/mol. The van der Waals surface area contributed by atoms with Crippen LogP contribution in [0.2, 0.25) is 5.28 Å². The van der Waals surface area contributed by atoms with Gasteiger partial charge in [0.2, 0.25) is 17.0 Å². The second-order valence-electron chi connectivity index (χ2n) is 6.83. The number of rotatable bonds is 7. The quantitative estimate of drug-likeness (QED) is 0.557. The first-order valence-electron chi connectivity index (χ1n) is 9.60. The van der Waals surface area contributed by atoms with E-state index >= 15 is 0 Å². The van der Waals surface area contributed by atoms with Crippen molar-refractivity contribution in [2.45, 2.75) is 26.2 Å². The van der Waals surface area contributed by atoms with E-state index in [4.69, 9.17) is 16.1 Å². The lowest BCUT2D eigenvalue weighted by atomic mass is 10.2. The van der Waals surface area contributed by atoms with Crippen LogP contribution in [0.4, 0.5) is 15.0 Å². The van der Waals surface area contributed by atoms with Crippen molar-refractivity contribution in [3.05, 3.63) is 53.5 Å². The van der Waals surface area contributed by atoms with Crippen molar-refractivity contribution in [3.63, 3.8) is 0 Å². The summed E-state index contributed by atoms with van der Waals surface area (Å²) in [5.74, 6) is 1.11. The van der Waals surface area contributed by atoms with Crippen LogP contribution in [0.3, 0.4) is 0 Å². The van der Waals surface area contributed by atoms with Crippen LogP contribution < -0.4 is 4.90 Å². The summed E-state index contributed by atoms with van der Waals surface area (Å²) >= 11 is 5.98. The number of nitrogens with one attached hydrogen (secondary N) is 1. The van der Waals surface area contributed by atoms with Gasteiger partial charge in [-0.1, -0.05) is 11.7 Å². The minimum Gasteiger partial charge on any atom is -0.339 e. The number of aromatic nitrogens is 4. The first-order valence-corrected chi connectivity index (χ1v) is 9.98. The summed E-state index contributed by atoms with van der Waals surface area (Å²) in [5.41, 5.74) is 1.90. The van der Waals surface area contributed by atoms with E-state index in [0.29, 0.717) is 60.4 Å².